The highest BCUT2D eigenvalue weighted by atomic mass is 16.4. The van der Waals surface area contributed by atoms with Crippen LogP contribution in [0.25, 0.3) is 0 Å². The van der Waals surface area contributed by atoms with Gasteiger partial charge in [-0.2, -0.15) is 0 Å². The maximum atomic E-state index is 10.6. The second-order valence-electron chi connectivity index (χ2n) is 2.43. The molecule has 1 rings (SSSR count). The lowest BCUT2D eigenvalue weighted by Gasteiger charge is -2.09. The van der Waals surface area contributed by atoms with E-state index in [0.29, 0.717) is 0 Å². The molecule has 0 bridgehead atoms. The van der Waals surface area contributed by atoms with Gasteiger partial charge < -0.3 is 15.5 Å². The number of hydrogen-bond acceptors (Lipinski definition) is 3. The third kappa shape index (κ3) is 2.66. The van der Waals surface area contributed by atoms with E-state index >= 15 is 0 Å². The summed E-state index contributed by atoms with van der Waals surface area (Å²) in [6.45, 7) is 1.31. The van der Waals surface area contributed by atoms with Gasteiger partial charge >= 0.3 is 5.97 Å². The molecular formula is C9H11NO3. The number of carboxylic acids is 1. The molecule has 0 fully saturated rings. The lowest BCUT2D eigenvalue weighted by molar-refractivity contribution is -0.137. The molecule has 1 aromatic carbocycles. The second kappa shape index (κ2) is 3.80. The number of benzene rings is 1. The van der Waals surface area contributed by atoms with Crippen LogP contribution in [0.4, 0.5) is 5.69 Å². The molecule has 0 unspecified atom stereocenters. The molecular weight excluding hydrogens is 170 g/mol. The smallest absolute Gasteiger partial charge is 0.325 e. The summed E-state index contributed by atoms with van der Waals surface area (Å²) in [5.74, 6) is -1.94. The van der Waals surface area contributed by atoms with E-state index in [4.69, 9.17) is 10.6 Å². The molecule has 0 saturated carbocycles. The maximum absolute atomic E-state index is 10.6. The van der Waals surface area contributed by atoms with Crippen molar-refractivity contribution in [1.29, 1.82) is 0 Å². The van der Waals surface area contributed by atoms with Gasteiger partial charge in [0.15, 0.2) is 0 Å². The Hall–Kier alpha value is -1.71. The van der Waals surface area contributed by atoms with Crippen LogP contribution < -0.4 is 5.32 Å². The van der Waals surface area contributed by atoms with Crippen molar-refractivity contribution in [2.45, 2.75) is 13.0 Å². The predicted molar refractivity (Wildman–Crippen MR) is 48.8 cm³/mol. The minimum Gasteiger partial charge on any atom is -0.508 e. The van der Waals surface area contributed by atoms with Gasteiger partial charge in [-0.15, -0.1) is 0 Å². The van der Waals surface area contributed by atoms with Gasteiger partial charge in [0.25, 0.3) is 0 Å². The van der Waals surface area contributed by atoms with E-state index in [-0.39, 0.29) is 5.69 Å². The van der Waals surface area contributed by atoms with Gasteiger partial charge in [-0.3, -0.25) is 4.79 Å². The third-order valence-corrected chi connectivity index (χ3v) is 1.34. The van der Waals surface area contributed by atoms with Crippen LogP contribution >= 0.6 is 0 Å². The first-order valence-corrected chi connectivity index (χ1v) is 3.56. The van der Waals surface area contributed by atoms with Crippen LogP contribution in [0.15, 0.2) is 24.2 Å². The van der Waals surface area contributed by atoms with E-state index in [0.717, 1.165) is 0 Å². The molecule has 0 heterocycles. The first-order chi connectivity index (χ1) is 7.77. The summed E-state index contributed by atoms with van der Waals surface area (Å²) >= 11 is 0. The molecule has 70 valence electrons. The second-order valence-corrected chi connectivity index (χ2v) is 2.43. The van der Waals surface area contributed by atoms with Crippen LogP contribution in [-0.4, -0.2) is 22.2 Å². The Bertz CT molecular complexity index is 449. The Kier molecular flexibility index (Phi) is 1.49. The normalized spacial score (nSPS) is 16.4. The molecule has 0 aromatic heterocycles. The van der Waals surface area contributed by atoms with Crippen molar-refractivity contribution in [3.05, 3.63) is 24.2 Å². The molecule has 0 radical (unpaired) electrons. The number of carbonyl (C=O) groups is 1. The predicted octanol–water partition coefficient (Wildman–Crippen LogP) is 1.28. The standard InChI is InChI=1S/C9H11NO3/c1-6(9(12)13)10-7-2-4-8(11)5-3-7/h2-6,10-11H,1H3,(H,12,13)/t6-/m0/s1/i2D,3D,4D,5D. The molecule has 1 aromatic rings. The van der Waals surface area contributed by atoms with Gasteiger partial charge in [-0.05, 0) is 31.1 Å². The van der Waals surface area contributed by atoms with Crippen molar-refractivity contribution in [1.82, 2.24) is 0 Å². The Labute approximate surface area is 81.4 Å². The number of carboxylic acid groups (broad SMARTS) is 1. The van der Waals surface area contributed by atoms with Crippen molar-refractivity contribution >= 4 is 11.7 Å². The number of aliphatic carboxylic acids is 1. The quantitative estimate of drug-likeness (QED) is 0.620. The number of aromatic hydroxyl groups is 1. The number of phenols is 1. The van der Waals surface area contributed by atoms with E-state index in [9.17, 15) is 9.90 Å². The van der Waals surface area contributed by atoms with Crippen molar-refractivity contribution in [3.63, 3.8) is 0 Å². The molecule has 3 N–H and O–H groups in total. The zero-order valence-corrected chi connectivity index (χ0v) is 6.88. The van der Waals surface area contributed by atoms with E-state index in [1.54, 1.807) is 0 Å². The fraction of sp³-hybridized carbons (Fsp3) is 0.222. The van der Waals surface area contributed by atoms with Gasteiger partial charge in [0, 0.05) is 5.69 Å². The average molecular weight is 185 g/mol. The van der Waals surface area contributed by atoms with Crippen molar-refractivity contribution in [3.8, 4) is 5.75 Å². The summed E-state index contributed by atoms with van der Waals surface area (Å²) in [5.41, 5.74) is -0.243. The van der Waals surface area contributed by atoms with Gasteiger partial charge in [0.1, 0.15) is 11.8 Å². The average Bonchev–Trinajstić information content (AvgIpc) is 2.29. The molecule has 4 nitrogen and oxygen atoms in total. The van der Waals surface area contributed by atoms with Crippen LogP contribution in [-0.2, 0) is 4.79 Å². The largest absolute Gasteiger partial charge is 0.508 e. The van der Waals surface area contributed by atoms with Gasteiger partial charge in [-0.25, -0.2) is 0 Å². The molecule has 0 aliphatic heterocycles. The summed E-state index contributed by atoms with van der Waals surface area (Å²) < 4.78 is 29.7. The summed E-state index contributed by atoms with van der Waals surface area (Å²) in [6.07, 6.45) is 0. The SMILES string of the molecule is [2H]c1c([2H])c(N[C@@H](C)C(=O)O)c([2H])c([2H])c1O. The number of nitrogens with one attached hydrogen (secondary N) is 1. The highest BCUT2D eigenvalue weighted by Gasteiger charge is 2.09. The Morgan fingerprint density at radius 1 is 1.54 bits per heavy atom. The summed E-state index contributed by atoms with van der Waals surface area (Å²) in [4.78, 5) is 10.6. The maximum Gasteiger partial charge on any atom is 0.325 e. The molecule has 0 saturated heterocycles. The summed E-state index contributed by atoms with van der Waals surface area (Å²) in [6, 6.07) is -3.28. The third-order valence-electron chi connectivity index (χ3n) is 1.34. The lowest BCUT2D eigenvalue weighted by Crippen LogP contribution is -2.25. The van der Waals surface area contributed by atoms with Crippen LogP contribution in [0.3, 0.4) is 0 Å². The zero-order valence-electron chi connectivity index (χ0n) is 10.9. The van der Waals surface area contributed by atoms with Crippen LogP contribution in [0, 0.1) is 0 Å². The van der Waals surface area contributed by atoms with Gasteiger partial charge in [0.2, 0.25) is 0 Å². The number of hydrogen-bond donors (Lipinski definition) is 3. The minimum atomic E-state index is -1.19. The lowest BCUT2D eigenvalue weighted by atomic mass is 10.2. The highest BCUT2D eigenvalue weighted by Crippen LogP contribution is 2.14. The van der Waals surface area contributed by atoms with Crippen LogP contribution in [0.2, 0.25) is 0 Å². The van der Waals surface area contributed by atoms with E-state index in [1.165, 1.54) is 6.92 Å². The van der Waals surface area contributed by atoms with Crippen molar-refractivity contribution in [2.75, 3.05) is 5.32 Å². The van der Waals surface area contributed by atoms with Crippen molar-refractivity contribution < 1.29 is 20.5 Å². The Morgan fingerprint density at radius 3 is 2.54 bits per heavy atom. The topological polar surface area (TPSA) is 69.6 Å². The molecule has 1 atom stereocenters. The van der Waals surface area contributed by atoms with E-state index < -0.39 is 41.9 Å². The number of rotatable bonds is 3. The summed E-state index contributed by atoms with van der Waals surface area (Å²) in [7, 11) is 0. The summed E-state index contributed by atoms with van der Waals surface area (Å²) in [5, 5.41) is 20.3. The van der Waals surface area contributed by atoms with Crippen molar-refractivity contribution in [2.24, 2.45) is 0 Å². The molecule has 0 aliphatic carbocycles. The monoisotopic (exact) mass is 185 g/mol. The van der Waals surface area contributed by atoms with Crippen LogP contribution in [0.5, 0.6) is 5.75 Å². The fourth-order valence-corrected chi connectivity index (χ4v) is 0.656. The molecule has 0 spiro atoms. The fourth-order valence-electron chi connectivity index (χ4n) is 0.656. The highest BCUT2D eigenvalue weighted by molar-refractivity contribution is 5.76. The molecule has 13 heavy (non-hydrogen) atoms. The van der Waals surface area contributed by atoms with E-state index in [2.05, 4.69) is 5.32 Å². The number of anilines is 1. The van der Waals surface area contributed by atoms with E-state index in [1.807, 2.05) is 0 Å². The Balaban J connectivity index is 3.30. The Morgan fingerprint density at radius 2 is 2.08 bits per heavy atom. The van der Waals surface area contributed by atoms with Gasteiger partial charge in [-0.1, -0.05) is 0 Å². The first kappa shape index (κ1) is 5.11. The molecule has 0 amide bonds. The van der Waals surface area contributed by atoms with Crippen LogP contribution in [0.1, 0.15) is 12.4 Å². The minimum absolute atomic E-state index is 0.243. The van der Waals surface area contributed by atoms with Gasteiger partial charge in [0.05, 0.1) is 5.48 Å². The molecule has 0 aliphatic rings. The number of phenolic OH excluding ortho intramolecular Hbond substituents is 1. The zero-order chi connectivity index (χ0) is 13.3. The first-order valence-electron chi connectivity index (χ1n) is 5.56. The molecule has 4 heteroatoms.